The third-order valence-corrected chi connectivity index (χ3v) is 4.05. The topological polar surface area (TPSA) is 41.6 Å². The first-order valence-corrected chi connectivity index (χ1v) is 6.75. The van der Waals surface area contributed by atoms with E-state index in [0.29, 0.717) is 15.1 Å². The van der Waals surface area contributed by atoms with Crippen molar-refractivity contribution in [3.8, 4) is 0 Å². The van der Waals surface area contributed by atoms with Crippen molar-refractivity contribution in [2.75, 3.05) is 0 Å². The molecule has 0 bridgehead atoms. The summed E-state index contributed by atoms with van der Waals surface area (Å²) in [7, 11) is 0. The summed E-state index contributed by atoms with van der Waals surface area (Å²) in [5.74, 6) is 0.175. The molecule has 0 spiro atoms. The number of nitrogens with one attached hydrogen (secondary N) is 1. The monoisotopic (exact) mass is 303 g/mol. The Morgan fingerprint density at radius 3 is 2.56 bits per heavy atom. The molecule has 1 atom stereocenters. The highest BCUT2D eigenvalue weighted by atomic mass is 35.5. The molecule has 96 valence electrons. The zero-order valence-electron chi connectivity index (χ0n) is 9.75. The molecule has 2 rings (SSSR count). The Kier molecular flexibility index (Phi) is 4.49. The Labute approximate surface area is 120 Å². The summed E-state index contributed by atoms with van der Waals surface area (Å²) in [6.07, 6.45) is 3.33. The minimum absolute atomic E-state index is 0.175. The summed E-state index contributed by atoms with van der Waals surface area (Å²) in [6.45, 7) is 2.08. The van der Waals surface area contributed by atoms with Gasteiger partial charge in [0.2, 0.25) is 0 Å². The van der Waals surface area contributed by atoms with Crippen LogP contribution in [0, 0.1) is 0 Å². The minimum atomic E-state index is 0.175. The van der Waals surface area contributed by atoms with E-state index in [1.54, 1.807) is 18.3 Å². The van der Waals surface area contributed by atoms with Crippen LogP contribution in [-0.4, -0.2) is 15.4 Å². The average molecular weight is 305 g/mol. The first kappa shape index (κ1) is 13.7. The van der Waals surface area contributed by atoms with Crippen molar-refractivity contribution in [3.63, 3.8) is 0 Å². The number of H-pyrrole nitrogens is 1. The van der Waals surface area contributed by atoms with Gasteiger partial charge in [-0.05, 0) is 30.0 Å². The van der Waals surface area contributed by atoms with Crippen LogP contribution in [0.4, 0.5) is 0 Å². The van der Waals surface area contributed by atoms with Crippen LogP contribution < -0.4 is 0 Å². The van der Waals surface area contributed by atoms with Crippen LogP contribution in [0.25, 0.3) is 0 Å². The van der Waals surface area contributed by atoms with Gasteiger partial charge in [-0.25, -0.2) is 0 Å². The van der Waals surface area contributed by atoms with Crippen molar-refractivity contribution in [3.05, 3.63) is 44.7 Å². The maximum Gasteiger partial charge on any atom is 0.0830 e. The van der Waals surface area contributed by atoms with E-state index >= 15 is 0 Å². The highest BCUT2D eigenvalue weighted by Crippen LogP contribution is 2.38. The molecule has 0 radical (unpaired) electrons. The maximum absolute atomic E-state index is 6.25. The highest BCUT2D eigenvalue weighted by Gasteiger charge is 2.20. The van der Waals surface area contributed by atoms with E-state index in [-0.39, 0.29) is 5.92 Å². The standard InChI is InChI=1S/C12H12Cl3N3/c1-2-7(5-8-6-16-18-17-8)11-9(13)3-4-10(14)12(11)15/h3-4,6-7H,2,5H2,1H3,(H,16,17,18). The van der Waals surface area contributed by atoms with Crippen LogP contribution in [0.15, 0.2) is 18.3 Å². The lowest BCUT2D eigenvalue weighted by Crippen LogP contribution is -2.04. The summed E-state index contributed by atoms with van der Waals surface area (Å²) in [6, 6.07) is 3.48. The number of hydrogen-bond acceptors (Lipinski definition) is 2. The van der Waals surface area contributed by atoms with Crippen molar-refractivity contribution in [1.82, 2.24) is 15.4 Å². The number of halogens is 3. The highest BCUT2D eigenvalue weighted by molar-refractivity contribution is 6.44. The van der Waals surface area contributed by atoms with Crippen molar-refractivity contribution >= 4 is 34.8 Å². The number of nitrogens with zero attached hydrogens (tertiary/aromatic N) is 2. The molecular formula is C12H12Cl3N3. The third kappa shape index (κ3) is 2.79. The van der Waals surface area contributed by atoms with Gasteiger partial charge in [0, 0.05) is 11.4 Å². The molecule has 1 unspecified atom stereocenters. The number of hydrogen-bond donors (Lipinski definition) is 1. The van der Waals surface area contributed by atoms with E-state index < -0.39 is 0 Å². The molecule has 1 heterocycles. The molecule has 2 aromatic rings. The lowest BCUT2D eigenvalue weighted by atomic mass is 9.92. The van der Waals surface area contributed by atoms with Crippen molar-refractivity contribution in [2.24, 2.45) is 0 Å². The molecular weight excluding hydrogens is 293 g/mol. The van der Waals surface area contributed by atoms with Gasteiger partial charge in [0.15, 0.2) is 0 Å². The van der Waals surface area contributed by atoms with E-state index in [1.165, 1.54) is 0 Å². The Hall–Kier alpha value is -0.770. The second kappa shape index (κ2) is 5.91. The molecule has 18 heavy (non-hydrogen) atoms. The van der Waals surface area contributed by atoms with Crippen LogP contribution in [0.5, 0.6) is 0 Å². The lowest BCUT2D eigenvalue weighted by Gasteiger charge is -2.18. The molecule has 0 aliphatic heterocycles. The van der Waals surface area contributed by atoms with Crippen LogP contribution in [0.1, 0.15) is 30.5 Å². The average Bonchev–Trinajstić information content (AvgIpc) is 2.86. The number of aromatic nitrogens is 3. The smallest absolute Gasteiger partial charge is 0.0830 e. The molecule has 1 N–H and O–H groups in total. The number of benzene rings is 1. The van der Waals surface area contributed by atoms with Gasteiger partial charge in [-0.1, -0.05) is 41.7 Å². The number of rotatable bonds is 4. The fraction of sp³-hybridized carbons (Fsp3) is 0.333. The van der Waals surface area contributed by atoms with Crippen LogP contribution in [-0.2, 0) is 6.42 Å². The summed E-state index contributed by atoms with van der Waals surface area (Å²) in [5, 5.41) is 12.1. The van der Waals surface area contributed by atoms with Gasteiger partial charge in [-0.2, -0.15) is 15.4 Å². The van der Waals surface area contributed by atoms with E-state index in [9.17, 15) is 0 Å². The molecule has 1 aromatic carbocycles. The quantitative estimate of drug-likeness (QED) is 0.845. The van der Waals surface area contributed by atoms with Gasteiger partial charge in [-0.15, -0.1) is 0 Å². The summed E-state index contributed by atoms with van der Waals surface area (Å²) in [4.78, 5) is 0. The molecule has 0 amide bonds. The molecule has 0 aliphatic rings. The fourth-order valence-corrected chi connectivity index (χ4v) is 2.79. The largest absolute Gasteiger partial charge is 0.198 e. The predicted octanol–water partition coefficient (Wildman–Crippen LogP) is 4.50. The molecule has 3 nitrogen and oxygen atoms in total. The second-order valence-electron chi connectivity index (χ2n) is 4.03. The van der Waals surface area contributed by atoms with E-state index in [2.05, 4.69) is 22.3 Å². The van der Waals surface area contributed by atoms with Gasteiger partial charge in [-0.3, -0.25) is 0 Å². The molecule has 0 aliphatic carbocycles. The summed E-state index contributed by atoms with van der Waals surface area (Å²) in [5.41, 5.74) is 1.77. The van der Waals surface area contributed by atoms with Crippen molar-refractivity contribution < 1.29 is 0 Å². The molecule has 1 aromatic heterocycles. The van der Waals surface area contributed by atoms with E-state index in [4.69, 9.17) is 34.8 Å². The molecule has 0 saturated carbocycles. The van der Waals surface area contributed by atoms with Gasteiger partial charge in [0.1, 0.15) is 0 Å². The molecule has 0 fully saturated rings. The third-order valence-electron chi connectivity index (χ3n) is 2.90. The van der Waals surface area contributed by atoms with Gasteiger partial charge < -0.3 is 0 Å². The van der Waals surface area contributed by atoms with Gasteiger partial charge >= 0.3 is 0 Å². The molecule has 6 heteroatoms. The van der Waals surface area contributed by atoms with Crippen LogP contribution in [0.2, 0.25) is 15.1 Å². The summed E-state index contributed by atoms with van der Waals surface area (Å²) >= 11 is 18.5. The first-order chi connectivity index (χ1) is 8.63. The van der Waals surface area contributed by atoms with Gasteiger partial charge in [0.25, 0.3) is 0 Å². The minimum Gasteiger partial charge on any atom is -0.198 e. The summed E-state index contributed by atoms with van der Waals surface area (Å²) < 4.78 is 0. The van der Waals surface area contributed by atoms with Crippen LogP contribution >= 0.6 is 34.8 Å². The Bertz CT molecular complexity index is 526. The van der Waals surface area contributed by atoms with Crippen molar-refractivity contribution in [1.29, 1.82) is 0 Å². The fourth-order valence-electron chi connectivity index (χ4n) is 1.94. The first-order valence-electron chi connectivity index (χ1n) is 5.61. The Balaban J connectivity index is 2.35. The second-order valence-corrected chi connectivity index (χ2v) is 5.22. The predicted molar refractivity (Wildman–Crippen MR) is 74.6 cm³/mol. The lowest BCUT2D eigenvalue weighted by molar-refractivity contribution is 0.648. The van der Waals surface area contributed by atoms with E-state index in [0.717, 1.165) is 24.1 Å². The zero-order chi connectivity index (χ0) is 13.1. The van der Waals surface area contributed by atoms with Crippen molar-refractivity contribution in [2.45, 2.75) is 25.7 Å². The van der Waals surface area contributed by atoms with Gasteiger partial charge in [0.05, 0.1) is 21.9 Å². The number of aromatic amines is 1. The Morgan fingerprint density at radius 2 is 1.94 bits per heavy atom. The van der Waals surface area contributed by atoms with E-state index in [1.807, 2.05) is 0 Å². The molecule has 0 saturated heterocycles. The maximum atomic E-state index is 6.25. The van der Waals surface area contributed by atoms with Crippen LogP contribution in [0.3, 0.4) is 0 Å². The zero-order valence-corrected chi connectivity index (χ0v) is 12.0. The SMILES string of the molecule is CCC(Cc1cn[nH]n1)c1c(Cl)ccc(Cl)c1Cl. The normalized spacial score (nSPS) is 12.7. The Morgan fingerprint density at radius 1 is 1.22 bits per heavy atom.